The summed E-state index contributed by atoms with van der Waals surface area (Å²) in [5.74, 6) is 0.170. The van der Waals surface area contributed by atoms with Crippen molar-refractivity contribution in [3.8, 4) is 11.5 Å². The molecule has 41 heavy (non-hydrogen) atoms. The molecule has 0 aliphatic rings. The number of rotatable bonds is 13. The minimum atomic E-state index is -4.17. The number of methoxy groups -OCH3 is 2. The Kier molecular flexibility index (Phi) is 10.8. The van der Waals surface area contributed by atoms with E-state index in [0.717, 1.165) is 21.9 Å². The first kappa shape index (κ1) is 31.5. The number of carbonyl (C=O) groups excluding carboxylic acids is 2. The molecule has 0 spiro atoms. The fourth-order valence-corrected chi connectivity index (χ4v) is 5.55. The second-order valence-corrected chi connectivity index (χ2v) is 11.8. The summed E-state index contributed by atoms with van der Waals surface area (Å²) in [6, 6.07) is 19.2. The van der Waals surface area contributed by atoms with E-state index in [1.807, 2.05) is 26.8 Å². The van der Waals surface area contributed by atoms with Gasteiger partial charge in [-0.2, -0.15) is 0 Å². The van der Waals surface area contributed by atoms with Crippen LogP contribution in [0.15, 0.2) is 77.7 Å². The number of nitrogens with zero attached hydrogens (tertiary/aromatic N) is 2. The molecule has 220 valence electrons. The number of ether oxygens (including phenoxy) is 2. The van der Waals surface area contributed by atoms with Crippen LogP contribution in [0.1, 0.15) is 38.3 Å². The minimum absolute atomic E-state index is 0.0422. The highest BCUT2D eigenvalue weighted by Gasteiger charge is 2.33. The third-order valence-electron chi connectivity index (χ3n) is 6.88. The first-order chi connectivity index (χ1) is 19.5. The molecule has 0 bridgehead atoms. The van der Waals surface area contributed by atoms with Crippen LogP contribution in [0.4, 0.5) is 5.69 Å². The molecule has 2 unspecified atom stereocenters. The van der Waals surface area contributed by atoms with E-state index in [9.17, 15) is 18.0 Å². The molecule has 3 aromatic rings. The molecule has 2 atom stereocenters. The Morgan fingerprint density at radius 3 is 2.12 bits per heavy atom. The van der Waals surface area contributed by atoms with Crippen LogP contribution in [0.5, 0.6) is 11.5 Å². The third kappa shape index (κ3) is 8.00. The van der Waals surface area contributed by atoms with Gasteiger partial charge in [0.25, 0.3) is 10.0 Å². The number of carbonyl (C=O) groups is 2. The van der Waals surface area contributed by atoms with Gasteiger partial charge in [0, 0.05) is 18.7 Å². The Morgan fingerprint density at radius 2 is 1.51 bits per heavy atom. The van der Waals surface area contributed by atoms with Gasteiger partial charge in [-0.25, -0.2) is 8.42 Å². The Labute approximate surface area is 243 Å². The van der Waals surface area contributed by atoms with E-state index in [0.29, 0.717) is 11.5 Å². The normalized spacial score (nSPS) is 12.6. The number of hydrogen-bond donors (Lipinski definition) is 1. The molecule has 10 heteroatoms. The van der Waals surface area contributed by atoms with E-state index in [1.54, 1.807) is 68.6 Å². The lowest BCUT2D eigenvalue weighted by Gasteiger charge is -2.32. The van der Waals surface area contributed by atoms with Gasteiger partial charge in [0.1, 0.15) is 24.1 Å². The van der Waals surface area contributed by atoms with Crippen molar-refractivity contribution in [1.82, 2.24) is 10.2 Å². The molecule has 1 N–H and O–H groups in total. The summed E-state index contributed by atoms with van der Waals surface area (Å²) in [4.78, 5) is 28.7. The molecule has 0 saturated heterocycles. The lowest BCUT2D eigenvalue weighted by Crippen LogP contribution is -2.52. The lowest BCUT2D eigenvalue weighted by molar-refractivity contribution is -0.139. The molecular formula is C31H39N3O6S. The van der Waals surface area contributed by atoms with Crippen LogP contribution in [0.2, 0.25) is 0 Å². The molecule has 3 aromatic carbocycles. The molecule has 0 radical (unpaired) electrons. The Bertz CT molecular complexity index is 1440. The van der Waals surface area contributed by atoms with Gasteiger partial charge in [0.2, 0.25) is 11.8 Å². The highest BCUT2D eigenvalue weighted by molar-refractivity contribution is 7.92. The summed E-state index contributed by atoms with van der Waals surface area (Å²) in [5, 5.41) is 2.93. The number of anilines is 1. The second kappa shape index (κ2) is 14.0. The summed E-state index contributed by atoms with van der Waals surface area (Å²) in [5.41, 5.74) is 1.89. The molecule has 9 nitrogen and oxygen atoms in total. The molecular weight excluding hydrogens is 542 g/mol. The predicted octanol–water partition coefficient (Wildman–Crippen LogP) is 4.54. The zero-order valence-corrected chi connectivity index (χ0v) is 25.3. The van der Waals surface area contributed by atoms with E-state index in [-0.39, 0.29) is 29.1 Å². The molecule has 0 aliphatic heterocycles. The van der Waals surface area contributed by atoms with E-state index < -0.39 is 28.5 Å². The van der Waals surface area contributed by atoms with Crippen molar-refractivity contribution in [3.63, 3.8) is 0 Å². The summed E-state index contributed by atoms with van der Waals surface area (Å²) >= 11 is 0. The number of hydrogen-bond acceptors (Lipinski definition) is 6. The Balaban J connectivity index is 2.05. The SMILES string of the molecule is CCC(C)NC(=O)C(C)N(Cc1cccc(OC)c1)C(=O)CN(c1cccc(OC)c1)S(=O)(=O)c1ccc(C)cc1. The molecule has 0 heterocycles. The smallest absolute Gasteiger partial charge is 0.264 e. The summed E-state index contributed by atoms with van der Waals surface area (Å²) in [7, 11) is -1.14. The zero-order valence-electron chi connectivity index (χ0n) is 24.5. The number of sulfonamides is 1. The third-order valence-corrected chi connectivity index (χ3v) is 8.67. The second-order valence-electron chi connectivity index (χ2n) is 9.89. The van der Waals surface area contributed by atoms with Crippen LogP contribution in [0, 0.1) is 6.92 Å². The highest BCUT2D eigenvalue weighted by atomic mass is 32.2. The van der Waals surface area contributed by atoms with E-state index in [2.05, 4.69) is 5.32 Å². The Hall–Kier alpha value is -4.05. The first-order valence-corrected chi connectivity index (χ1v) is 14.9. The largest absolute Gasteiger partial charge is 0.497 e. The fourth-order valence-electron chi connectivity index (χ4n) is 4.15. The number of amides is 2. The monoisotopic (exact) mass is 581 g/mol. The highest BCUT2D eigenvalue weighted by Crippen LogP contribution is 2.28. The van der Waals surface area contributed by atoms with Gasteiger partial charge in [-0.1, -0.05) is 42.8 Å². The van der Waals surface area contributed by atoms with Crippen molar-refractivity contribution in [2.75, 3.05) is 25.1 Å². The number of nitrogens with one attached hydrogen (secondary N) is 1. The summed E-state index contributed by atoms with van der Waals surface area (Å²) < 4.78 is 39.6. The molecule has 0 fully saturated rings. The van der Waals surface area contributed by atoms with Crippen LogP contribution in [0.3, 0.4) is 0 Å². The van der Waals surface area contributed by atoms with E-state index in [1.165, 1.54) is 24.1 Å². The maximum Gasteiger partial charge on any atom is 0.264 e. The molecule has 3 rings (SSSR count). The molecule has 0 aromatic heterocycles. The van der Waals surface area contributed by atoms with Crippen molar-refractivity contribution < 1.29 is 27.5 Å². The average molecular weight is 582 g/mol. The van der Waals surface area contributed by atoms with Gasteiger partial charge in [-0.3, -0.25) is 13.9 Å². The first-order valence-electron chi connectivity index (χ1n) is 13.5. The maximum atomic E-state index is 14.1. The van der Waals surface area contributed by atoms with Crippen molar-refractivity contribution in [2.45, 2.75) is 57.6 Å². The minimum Gasteiger partial charge on any atom is -0.497 e. The topological polar surface area (TPSA) is 105 Å². The van der Waals surface area contributed by atoms with Crippen molar-refractivity contribution in [1.29, 1.82) is 0 Å². The maximum absolute atomic E-state index is 14.1. The van der Waals surface area contributed by atoms with Gasteiger partial charge in [-0.05, 0) is 69.2 Å². The summed E-state index contributed by atoms with van der Waals surface area (Å²) in [6.45, 7) is 6.88. The standard InChI is InChI=1S/C31H39N3O6S/c1-7-23(3)32-31(36)24(4)33(20-25-10-8-12-27(18-25)39-5)30(35)21-34(26-11-9-13-28(19-26)40-6)41(37,38)29-16-14-22(2)15-17-29/h8-19,23-24H,7,20-21H2,1-6H3,(H,32,36). The fraction of sp³-hybridized carbons (Fsp3) is 0.355. The van der Waals surface area contributed by atoms with Crippen LogP contribution in [-0.2, 0) is 26.2 Å². The number of aryl methyl sites for hydroxylation is 1. The van der Waals surface area contributed by atoms with Gasteiger partial charge in [-0.15, -0.1) is 0 Å². The quantitative estimate of drug-likeness (QED) is 0.318. The number of benzene rings is 3. The van der Waals surface area contributed by atoms with E-state index >= 15 is 0 Å². The van der Waals surface area contributed by atoms with Gasteiger partial charge < -0.3 is 19.7 Å². The van der Waals surface area contributed by atoms with Gasteiger partial charge in [0.05, 0.1) is 24.8 Å². The van der Waals surface area contributed by atoms with Crippen LogP contribution >= 0.6 is 0 Å². The average Bonchev–Trinajstić information content (AvgIpc) is 2.98. The van der Waals surface area contributed by atoms with Crippen LogP contribution in [-0.4, -0.2) is 58.0 Å². The zero-order chi connectivity index (χ0) is 30.2. The Morgan fingerprint density at radius 1 is 0.902 bits per heavy atom. The van der Waals surface area contributed by atoms with Crippen molar-refractivity contribution >= 4 is 27.5 Å². The lowest BCUT2D eigenvalue weighted by atomic mass is 10.1. The van der Waals surface area contributed by atoms with E-state index in [4.69, 9.17) is 9.47 Å². The van der Waals surface area contributed by atoms with Crippen LogP contribution < -0.4 is 19.1 Å². The molecule has 0 saturated carbocycles. The van der Waals surface area contributed by atoms with Gasteiger partial charge >= 0.3 is 0 Å². The van der Waals surface area contributed by atoms with Crippen molar-refractivity contribution in [2.24, 2.45) is 0 Å². The predicted molar refractivity (Wildman–Crippen MR) is 160 cm³/mol. The summed E-state index contributed by atoms with van der Waals surface area (Å²) in [6.07, 6.45) is 0.723. The van der Waals surface area contributed by atoms with Crippen molar-refractivity contribution in [3.05, 3.63) is 83.9 Å². The molecule has 2 amide bonds. The van der Waals surface area contributed by atoms with Gasteiger partial charge in [0.15, 0.2) is 0 Å². The van der Waals surface area contributed by atoms with Crippen LogP contribution in [0.25, 0.3) is 0 Å². The molecule has 0 aliphatic carbocycles.